The average Bonchev–Trinajstić information content (AvgIpc) is 3.27. The highest BCUT2D eigenvalue weighted by Gasteiger charge is 2.25. The smallest absolute Gasteiger partial charge is 0.00644 e. The van der Waals surface area contributed by atoms with Crippen molar-refractivity contribution in [1.29, 1.82) is 0 Å². The summed E-state index contributed by atoms with van der Waals surface area (Å²) in [7, 11) is 0. The van der Waals surface area contributed by atoms with E-state index in [2.05, 4.69) is 26.1 Å². The summed E-state index contributed by atoms with van der Waals surface area (Å²) < 4.78 is 0. The van der Waals surface area contributed by atoms with Crippen molar-refractivity contribution in [2.75, 3.05) is 6.54 Å². The lowest BCUT2D eigenvalue weighted by atomic mass is 9.88. The van der Waals surface area contributed by atoms with E-state index in [0.29, 0.717) is 0 Å². The van der Waals surface area contributed by atoms with Crippen LogP contribution < -0.4 is 5.32 Å². The summed E-state index contributed by atoms with van der Waals surface area (Å²) >= 11 is 0. The molecule has 1 heteroatoms. The Labute approximate surface area is 159 Å². The minimum Gasteiger partial charge on any atom is -0.314 e. The van der Waals surface area contributed by atoms with Crippen LogP contribution in [0.1, 0.15) is 117 Å². The molecule has 1 heterocycles. The minimum absolute atomic E-state index is 0.837. The van der Waals surface area contributed by atoms with Gasteiger partial charge in [0.05, 0.1) is 0 Å². The molecule has 4 rings (SSSR count). The van der Waals surface area contributed by atoms with Crippen molar-refractivity contribution in [2.45, 2.75) is 123 Å². The Morgan fingerprint density at radius 3 is 1.76 bits per heavy atom. The molecule has 1 aliphatic heterocycles. The molecule has 4 fully saturated rings. The number of hydrogen-bond acceptors (Lipinski definition) is 1. The molecule has 4 aliphatic rings. The zero-order chi connectivity index (χ0) is 17.9. The van der Waals surface area contributed by atoms with Gasteiger partial charge in [-0.15, -0.1) is 0 Å². The molecule has 3 unspecified atom stereocenters. The molecule has 148 valence electrons. The van der Waals surface area contributed by atoms with Crippen molar-refractivity contribution >= 4 is 0 Å². The first-order chi connectivity index (χ1) is 12.2. The zero-order valence-electron chi connectivity index (χ0n) is 17.7. The van der Waals surface area contributed by atoms with E-state index >= 15 is 0 Å². The number of nitrogens with one attached hydrogen (secondary N) is 1. The van der Waals surface area contributed by atoms with Crippen LogP contribution in [-0.4, -0.2) is 12.6 Å². The molecule has 1 nitrogen and oxygen atoms in total. The first-order valence-corrected chi connectivity index (χ1v) is 11.9. The van der Waals surface area contributed by atoms with Crippen LogP contribution in [0.25, 0.3) is 0 Å². The predicted molar refractivity (Wildman–Crippen MR) is 112 cm³/mol. The standard InChI is InChI=1S/C12H22.C7H15N.C5H10/c1-10-6-7-12(8-10)9-11-4-2-3-5-11;1-2-7-5-3-4-6-8-7;1-5-3-2-4-5/h10-12H,2-9H2,1H3;7-8H,2-6H2,1H3;5H,2-4H2,1H3. The van der Waals surface area contributed by atoms with Crippen LogP contribution >= 0.6 is 0 Å². The Hall–Kier alpha value is -0.0400. The molecule has 0 spiro atoms. The van der Waals surface area contributed by atoms with Crippen LogP contribution in [-0.2, 0) is 0 Å². The van der Waals surface area contributed by atoms with E-state index in [4.69, 9.17) is 0 Å². The fourth-order valence-electron chi connectivity index (χ4n) is 5.14. The number of rotatable bonds is 3. The lowest BCUT2D eigenvalue weighted by Gasteiger charge is -2.21. The van der Waals surface area contributed by atoms with Gasteiger partial charge in [-0.3, -0.25) is 0 Å². The molecule has 0 aromatic carbocycles. The second-order valence-corrected chi connectivity index (χ2v) is 9.76. The summed E-state index contributed by atoms with van der Waals surface area (Å²) in [6.07, 6.45) is 22.3. The van der Waals surface area contributed by atoms with Crippen molar-refractivity contribution < 1.29 is 0 Å². The Balaban J connectivity index is 0.000000149. The zero-order valence-corrected chi connectivity index (χ0v) is 17.7. The van der Waals surface area contributed by atoms with Gasteiger partial charge >= 0.3 is 0 Å². The van der Waals surface area contributed by atoms with Gasteiger partial charge in [-0.1, -0.05) is 85.0 Å². The van der Waals surface area contributed by atoms with Gasteiger partial charge in [0.15, 0.2) is 0 Å². The second-order valence-electron chi connectivity index (χ2n) is 9.76. The molecule has 0 aromatic heterocycles. The summed E-state index contributed by atoms with van der Waals surface area (Å²) in [5.74, 6) is 4.34. The third-order valence-corrected chi connectivity index (χ3v) is 7.24. The normalized spacial score (nSPS) is 33.0. The molecule has 0 aromatic rings. The maximum absolute atomic E-state index is 3.47. The van der Waals surface area contributed by atoms with Crippen LogP contribution in [0, 0.1) is 23.7 Å². The maximum atomic E-state index is 3.47. The van der Waals surface area contributed by atoms with E-state index in [9.17, 15) is 0 Å². The van der Waals surface area contributed by atoms with Gasteiger partial charge in [0.25, 0.3) is 0 Å². The third-order valence-electron chi connectivity index (χ3n) is 7.24. The molecule has 1 saturated heterocycles. The first kappa shape index (κ1) is 21.3. The summed E-state index contributed by atoms with van der Waals surface area (Å²) in [6.45, 7) is 8.24. The summed E-state index contributed by atoms with van der Waals surface area (Å²) in [4.78, 5) is 0. The van der Waals surface area contributed by atoms with Gasteiger partial charge in [-0.2, -0.15) is 0 Å². The van der Waals surface area contributed by atoms with Gasteiger partial charge in [0.2, 0.25) is 0 Å². The van der Waals surface area contributed by atoms with E-state index in [-0.39, 0.29) is 0 Å². The van der Waals surface area contributed by atoms with E-state index in [1.807, 2.05) is 0 Å². The van der Waals surface area contributed by atoms with Gasteiger partial charge in [-0.05, 0) is 62.3 Å². The molecule has 0 bridgehead atoms. The predicted octanol–water partition coefficient (Wildman–Crippen LogP) is 7.35. The molecule has 3 aliphatic carbocycles. The topological polar surface area (TPSA) is 12.0 Å². The SMILES string of the molecule is CC1CCC(CC2CCCC2)C1.CC1CCC1.CCC1CCCCN1. The van der Waals surface area contributed by atoms with Crippen molar-refractivity contribution in [3.05, 3.63) is 0 Å². The monoisotopic (exact) mass is 349 g/mol. The highest BCUT2D eigenvalue weighted by atomic mass is 14.9. The molecule has 3 atom stereocenters. The Kier molecular flexibility index (Phi) is 10.5. The fourth-order valence-corrected chi connectivity index (χ4v) is 5.14. The first-order valence-electron chi connectivity index (χ1n) is 11.9. The van der Waals surface area contributed by atoms with E-state index < -0.39 is 0 Å². The Morgan fingerprint density at radius 2 is 1.36 bits per heavy atom. The summed E-state index contributed by atoms with van der Waals surface area (Å²) in [5, 5.41) is 3.47. The maximum Gasteiger partial charge on any atom is 0.00644 e. The van der Waals surface area contributed by atoms with Gasteiger partial charge < -0.3 is 5.32 Å². The van der Waals surface area contributed by atoms with E-state index in [0.717, 1.165) is 29.7 Å². The number of hydrogen-bond donors (Lipinski definition) is 1. The Bertz CT molecular complexity index is 310. The van der Waals surface area contributed by atoms with Crippen LogP contribution in [0.3, 0.4) is 0 Å². The summed E-state index contributed by atoms with van der Waals surface area (Å²) in [5.41, 5.74) is 0. The molecule has 3 saturated carbocycles. The van der Waals surface area contributed by atoms with E-state index in [1.165, 1.54) is 83.6 Å². The van der Waals surface area contributed by atoms with Crippen LogP contribution in [0.2, 0.25) is 0 Å². The van der Waals surface area contributed by atoms with Crippen molar-refractivity contribution in [1.82, 2.24) is 5.32 Å². The molecule has 0 amide bonds. The Morgan fingerprint density at radius 1 is 0.680 bits per heavy atom. The molecule has 1 N–H and O–H groups in total. The largest absolute Gasteiger partial charge is 0.314 e. The van der Waals surface area contributed by atoms with Gasteiger partial charge in [0, 0.05) is 6.04 Å². The quantitative estimate of drug-likeness (QED) is 0.561. The molecule has 0 radical (unpaired) electrons. The van der Waals surface area contributed by atoms with Crippen LogP contribution in [0.4, 0.5) is 0 Å². The van der Waals surface area contributed by atoms with Crippen molar-refractivity contribution in [3.63, 3.8) is 0 Å². The highest BCUT2D eigenvalue weighted by Crippen LogP contribution is 2.38. The van der Waals surface area contributed by atoms with Gasteiger partial charge in [0.1, 0.15) is 0 Å². The average molecular weight is 350 g/mol. The highest BCUT2D eigenvalue weighted by molar-refractivity contribution is 4.77. The third kappa shape index (κ3) is 8.94. The molecular weight excluding hydrogens is 302 g/mol. The van der Waals surface area contributed by atoms with Crippen LogP contribution in [0.15, 0.2) is 0 Å². The number of piperidine rings is 1. The van der Waals surface area contributed by atoms with E-state index in [1.54, 1.807) is 19.3 Å². The fraction of sp³-hybridized carbons (Fsp3) is 1.00. The lowest BCUT2D eigenvalue weighted by molar-refractivity contribution is 0.346. The molecule has 25 heavy (non-hydrogen) atoms. The lowest BCUT2D eigenvalue weighted by Crippen LogP contribution is -2.32. The van der Waals surface area contributed by atoms with Crippen molar-refractivity contribution in [3.8, 4) is 0 Å². The molecular formula is C24H47N. The minimum atomic E-state index is 0.837. The summed E-state index contributed by atoms with van der Waals surface area (Å²) in [6, 6.07) is 0.837. The van der Waals surface area contributed by atoms with Crippen LogP contribution in [0.5, 0.6) is 0 Å². The van der Waals surface area contributed by atoms with Crippen molar-refractivity contribution in [2.24, 2.45) is 23.7 Å². The second kappa shape index (κ2) is 12.4. The van der Waals surface area contributed by atoms with Gasteiger partial charge in [-0.25, -0.2) is 0 Å².